The van der Waals surface area contributed by atoms with Crippen molar-refractivity contribution in [1.29, 1.82) is 0 Å². The summed E-state index contributed by atoms with van der Waals surface area (Å²) < 4.78 is 10.8. The first-order valence-electron chi connectivity index (χ1n) is 6.94. The van der Waals surface area contributed by atoms with Gasteiger partial charge in [-0.05, 0) is 48.6 Å². The summed E-state index contributed by atoms with van der Waals surface area (Å²) >= 11 is 5.82. The molecule has 112 valence electrons. The van der Waals surface area contributed by atoms with Gasteiger partial charge in [-0.25, -0.2) is 0 Å². The zero-order valence-corrected chi connectivity index (χ0v) is 13.1. The van der Waals surface area contributed by atoms with E-state index in [4.69, 9.17) is 21.1 Å². The van der Waals surface area contributed by atoms with Crippen molar-refractivity contribution >= 4 is 11.6 Å². The van der Waals surface area contributed by atoms with Gasteiger partial charge in [-0.3, -0.25) is 0 Å². The number of rotatable bonds is 6. The van der Waals surface area contributed by atoms with Gasteiger partial charge < -0.3 is 9.47 Å². The Hall–Kier alpha value is -1.88. The van der Waals surface area contributed by atoms with Crippen molar-refractivity contribution in [2.75, 3.05) is 6.61 Å². The van der Waals surface area contributed by atoms with Crippen molar-refractivity contribution in [3.8, 4) is 17.8 Å². The molecule has 0 saturated carbocycles. The molecule has 0 saturated heterocycles. The van der Waals surface area contributed by atoms with Crippen LogP contribution in [0.4, 0.5) is 0 Å². The number of hydrogen-bond acceptors (Lipinski definition) is 5. The standard InChI is InChI=1S/C15H18ClN3O2/c1-4-10(3)11-6-8-12(9-7-11)21-15-18-13(16)17-14(19-15)20-5-2/h6-10H,4-5H2,1-3H3. The van der Waals surface area contributed by atoms with Gasteiger partial charge >= 0.3 is 12.0 Å². The van der Waals surface area contributed by atoms with Crippen LogP contribution in [0.25, 0.3) is 0 Å². The van der Waals surface area contributed by atoms with E-state index >= 15 is 0 Å². The van der Waals surface area contributed by atoms with Crippen LogP contribution in [-0.4, -0.2) is 21.6 Å². The van der Waals surface area contributed by atoms with Gasteiger partial charge in [0.25, 0.3) is 0 Å². The first kappa shape index (κ1) is 15.5. The molecular formula is C15H18ClN3O2. The Balaban J connectivity index is 2.14. The fourth-order valence-corrected chi connectivity index (χ4v) is 1.90. The van der Waals surface area contributed by atoms with Crippen molar-refractivity contribution in [2.24, 2.45) is 0 Å². The molecule has 0 aliphatic carbocycles. The number of nitrogens with zero attached hydrogens (tertiary/aromatic N) is 3. The summed E-state index contributed by atoms with van der Waals surface area (Å²) in [5.74, 6) is 1.17. The Morgan fingerprint density at radius 2 is 1.71 bits per heavy atom. The minimum atomic E-state index is 0.0414. The molecule has 0 aliphatic heterocycles. The number of aromatic nitrogens is 3. The molecule has 1 aromatic carbocycles. The third kappa shape index (κ3) is 4.29. The van der Waals surface area contributed by atoms with Crippen LogP contribution in [0.5, 0.6) is 17.8 Å². The molecule has 0 bridgehead atoms. The van der Waals surface area contributed by atoms with E-state index in [0.717, 1.165) is 6.42 Å². The van der Waals surface area contributed by atoms with Gasteiger partial charge in [0.15, 0.2) is 0 Å². The quantitative estimate of drug-likeness (QED) is 0.799. The van der Waals surface area contributed by atoms with Crippen LogP contribution in [0, 0.1) is 0 Å². The average Bonchev–Trinajstić information content (AvgIpc) is 2.47. The van der Waals surface area contributed by atoms with Crippen LogP contribution < -0.4 is 9.47 Å². The van der Waals surface area contributed by atoms with Crippen LogP contribution in [0.2, 0.25) is 5.28 Å². The normalized spacial score (nSPS) is 12.0. The first-order chi connectivity index (χ1) is 10.1. The van der Waals surface area contributed by atoms with Crippen LogP contribution in [-0.2, 0) is 0 Å². The van der Waals surface area contributed by atoms with Gasteiger partial charge in [-0.2, -0.15) is 9.97 Å². The molecule has 5 nitrogen and oxygen atoms in total. The zero-order chi connectivity index (χ0) is 15.2. The Kier molecular flexibility index (Phi) is 5.33. The van der Waals surface area contributed by atoms with E-state index in [-0.39, 0.29) is 17.3 Å². The molecule has 0 N–H and O–H groups in total. The third-order valence-electron chi connectivity index (χ3n) is 3.11. The molecule has 1 heterocycles. The zero-order valence-electron chi connectivity index (χ0n) is 12.3. The van der Waals surface area contributed by atoms with E-state index in [1.807, 2.05) is 31.2 Å². The maximum absolute atomic E-state index is 5.82. The lowest BCUT2D eigenvalue weighted by atomic mass is 9.99. The van der Waals surface area contributed by atoms with Crippen molar-refractivity contribution < 1.29 is 9.47 Å². The Labute approximate surface area is 129 Å². The van der Waals surface area contributed by atoms with Gasteiger partial charge in [0.2, 0.25) is 5.28 Å². The van der Waals surface area contributed by atoms with Crippen molar-refractivity contribution in [2.45, 2.75) is 33.1 Å². The highest BCUT2D eigenvalue weighted by atomic mass is 35.5. The van der Waals surface area contributed by atoms with E-state index in [1.54, 1.807) is 0 Å². The summed E-state index contributed by atoms with van der Waals surface area (Å²) in [5.41, 5.74) is 1.27. The average molecular weight is 308 g/mol. The van der Waals surface area contributed by atoms with E-state index in [1.165, 1.54) is 5.56 Å². The summed E-state index contributed by atoms with van der Waals surface area (Å²) in [6.07, 6.45) is 1.10. The van der Waals surface area contributed by atoms with Gasteiger partial charge in [0.1, 0.15) is 5.75 Å². The molecule has 1 unspecified atom stereocenters. The molecule has 1 atom stereocenters. The topological polar surface area (TPSA) is 57.1 Å². The fourth-order valence-electron chi connectivity index (χ4n) is 1.76. The second-order valence-electron chi connectivity index (χ2n) is 4.58. The molecule has 0 spiro atoms. The van der Waals surface area contributed by atoms with Gasteiger partial charge in [0.05, 0.1) is 6.61 Å². The predicted octanol–water partition coefficient (Wildman–Crippen LogP) is 4.23. The summed E-state index contributed by atoms with van der Waals surface area (Å²) in [5, 5.41) is 0.0414. The first-order valence-corrected chi connectivity index (χ1v) is 7.32. The second kappa shape index (κ2) is 7.22. The van der Waals surface area contributed by atoms with Crippen molar-refractivity contribution in [3.05, 3.63) is 35.1 Å². The van der Waals surface area contributed by atoms with Gasteiger partial charge in [-0.1, -0.05) is 26.0 Å². The van der Waals surface area contributed by atoms with Crippen molar-refractivity contribution in [1.82, 2.24) is 15.0 Å². The largest absolute Gasteiger partial charge is 0.464 e. The van der Waals surface area contributed by atoms with E-state index in [2.05, 4.69) is 28.8 Å². The van der Waals surface area contributed by atoms with E-state index < -0.39 is 0 Å². The molecule has 0 aliphatic rings. The Morgan fingerprint density at radius 1 is 1.05 bits per heavy atom. The smallest absolute Gasteiger partial charge is 0.329 e. The maximum atomic E-state index is 5.82. The highest BCUT2D eigenvalue weighted by Crippen LogP contribution is 2.24. The van der Waals surface area contributed by atoms with Crippen LogP contribution in [0.1, 0.15) is 38.7 Å². The minimum absolute atomic E-state index is 0.0414. The Morgan fingerprint density at radius 3 is 2.33 bits per heavy atom. The Bertz CT molecular complexity index is 590. The molecule has 21 heavy (non-hydrogen) atoms. The summed E-state index contributed by atoms with van der Waals surface area (Å²) in [6, 6.07) is 8.13. The molecular weight excluding hydrogens is 290 g/mol. The lowest BCUT2D eigenvalue weighted by Crippen LogP contribution is -2.01. The summed E-state index contributed by atoms with van der Waals surface area (Å²) in [6.45, 7) is 6.64. The molecule has 0 radical (unpaired) electrons. The molecule has 2 rings (SSSR count). The number of halogens is 1. The third-order valence-corrected chi connectivity index (χ3v) is 3.28. The SMILES string of the molecule is CCOc1nc(Cl)nc(Oc2ccc(C(C)CC)cc2)n1. The van der Waals surface area contributed by atoms with Gasteiger partial charge in [0, 0.05) is 0 Å². The van der Waals surface area contributed by atoms with Crippen molar-refractivity contribution in [3.63, 3.8) is 0 Å². The fraction of sp³-hybridized carbons (Fsp3) is 0.400. The van der Waals surface area contributed by atoms with Crippen LogP contribution in [0.15, 0.2) is 24.3 Å². The highest BCUT2D eigenvalue weighted by Gasteiger charge is 2.09. The van der Waals surface area contributed by atoms with Gasteiger partial charge in [-0.15, -0.1) is 4.98 Å². The molecule has 0 amide bonds. The number of benzene rings is 1. The van der Waals surface area contributed by atoms with Crippen LogP contribution in [0.3, 0.4) is 0 Å². The van der Waals surface area contributed by atoms with E-state index in [9.17, 15) is 0 Å². The second-order valence-corrected chi connectivity index (χ2v) is 4.92. The minimum Gasteiger partial charge on any atom is -0.464 e. The molecule has 1 aromatic heterocycles. The maximum Gasteiger partial charge on any atom is 0.329 e. The van der Waals surface area contributed by atoms with Crippen LogP contribution >= 0.6 is 11.6 Å². The number of hydrogen-bond donors (Lipinski definition) is 0. The summed E-state index contributed by atoms with van der Waals surface area (Å²) in [4.78, 5) is 11.8. The van der Waals surface area contributed by atoms with E-state index in [0.29, 0.717) is 18.3 Å². The monoisotopic (exact) mass is 307 g/mol. The predicted molar refractivity (Wildman–Crippen MR) is 81.2 cm³/mol. The number of ether oxygens (including phenoxy) is 2. The lowest BCUT2D eigenvalue weighted by molar-refractivity contribution is 0.303. The molecule has 2 aromatic rings. The highest BCUT2D eigenvalue weighted by molar-refractivity contribution is 6.28. The molecule has 0 fully saturated rings. The summed E-state index contributed by atoms with van der Waals surface area (Å²) in [7, 11) is 0. The lowest BCUT2D eigenvalue weighted by Gasteiger charge is -2.10. The molecule has 6 heteroatoms.